The Labute approximate surface area is 87.7 Å². The monoisotopic (exact) mass is 235 g/mol. The Bertz CT molecular complexity index is 412. The second kappa shape index (κ2) is 4.12. The first-order chi connectivity index (χ1) is 6.46. The predicted octanol–water partition coefficient (Wildman–Crippen LogP) is 0.920. The van der Waals surface area contributed by atoms with Crippen molar-refractivity contribution in [3.63, 3.8) is 0 Å². The minimum atomic E-state index is -3.54. The van der Waals surface area contributed by atoms with Crippen LogP contribution in [0.2, 0.25) is 5.15 Å². The highest BCUT2D eigenvalue weighted by molar-refractivity contribution is 7.90. The van der Waals surface area contributed by atoms with Crippen molar-refractivity contribution in [2.45, 2.75) is 6.92 Å². The molecule has 0 saturated carbocycles. The lowest BCUT2D eigenvalue weighted by Gasteiger charge is -2.09. The van der Waals surface area contributed by atoms with Gasteiger partial charge in [0.05, 0.1) is 5.69 Å². The number of aryl methyl sites for hydroxylation is 1. The Morgan fingerprint density at radius 1 is 1.50 bits per heavy atom. The molecule has 0 aliphatic carbocycles. The molecule has 0 atom stereocenters. The van der Waals surface area contributed by atoms with Gasteiger partial charge in [0.2, 0.25) is 0 Å². The van der Waals surface area contributed by atoms with Gasteiger partial charge < -0.3 is 0 Å². The van der Waals surface area contributed by atoms with Crippen molar-refractivity contribution in [3.05, 3.63) is 23.0 Å². The van der Waals surface area contributed by atoms with Gasteiger partial charge >= 0.3 is 0 Å². The fourth-order valence-corrected chi connectivity index (χ4v) is 1.77. The zero-order valence-electron chi connectivity index (χ0n) is 7.70. The van der Waals surface area contributed by atoms with Crippen LogP contribution in [0, 0.1) is 6.92 Å². The van der Waals surface area contributed by atoms with Gasteiger partial charge in [0.25, 0.3) is 10.2 Å². The molecule has 0 saturated heterocycles. The summed E-state index contributed by atoms with van der Waals surface area (Å²) in [4.78, 5) is 3.77. The van der Waals surface area contributed by atoms with Crippen molar-refractivity contribution in [3.8, 4) is 0 Å². The van der Waals surface area contributed by atoms with Crippen LogP contribution in [0.3, 0.4) is 0 Å². The lowest BCUT2D eigenvalue weighted by atomic mass is 10.3. The summed E-state index contributed by atoms with van der Waals surface area (Å²) in [6.45, 7) is 1.74. The number of nitrogens with zero attached hydrogens (tertiary/aromatic N) is 1. The number of anilines is 1. The van der Waals surface area contributed by atoms with Crippen molar-refractivity contribution in [1.82, 2.24) is 9.71 Å². The molecule has 0 amide bonds. The van der Waals surface area contributed by atoms with E-state index in [1.165, 1.54) is 13.2 Å². The zero-order chi connectivity index (χ0) is 10.8. The van der Waals surface area contributed by atoms with E-state index in [0.717, 1.165) is 0 Å². The number of aromatic nitrogens is 1. The number of pyridine rings is 1. The first-order valence-electron chi connectivity index (χ1n) is 3.78. The van der Waals surface area contributed by atoms with Gasteiger partial charge in [0.15, 0.2) is 5.15 Å². The van der Waals surface area contributed by atoms with E-state index in [-0.39, 0.29) is 5.15 Å². The van der Waals surface area contributed by atoms with E-state index in [9.17, 15) is 8.42 Å². The Kier molecular flexibility index (Phi) is 3.30. The minimum absolute atomic E-state index is 0.129. The van der Waals surface area contributed by atoms with Crippen molar-refractivity contribution in [1.29, 1.82) is 0 Å². The van der Waals surface area contributed by atoms with Gasteiger partial charge in [-0.15, -0.1) is 0 Å². The van der Waals surface area contributed by atoms with E-state index >= 15 is 0 Å². The van der Waals surface area contributed by atoms with Gasteiger partial charge in [-0.2, -0.15) is 8.42 Å². The van der Waals surface area contributed by atoms with Crippen LogP contribution < -0.4 is 9.44 Å². The number of nitrogens with one attached hydrogen (secondary N) is 2. The molecule has 1 aromatic rings. The number of hydrogen-bond acceptors (Lipinski definition) is 3. The van der Waals surface area contributed by atoms with Crippen LogP contribution in [0.4, 0.5) is 5.69 Å². The maximum atomic E-state index is 11.2. The summed E-state index contributed by atoms with van der Waals surface area (Å²) in [7, 11) is -2.23. The fourth-order valence-electron chi connectivity index (χ4n) is 0.833. The molecular formula is C7H10ClN3O2S. The molecule has 0 fully saturated rings. The summed E-state index contributed by atoms with van der Waals surface area (Å²) in [6, 6.07) is 1.67. The lowest BCUT2D eigenvalue weighted by Crippen LogP contribution is -2.27. The Morgan fingerprint density at radius 2 is 2.14 bits per heavy atom. The highest BCUT2D eigenvalue weighted by Gasteiger charge is 2.11. The molecule has 7 heteroatoms. The van der Waals surface area contributed by atoms with Crippen LogP contribution in [0.25, 0.3) is 0 Å². The van der Waals surface area contributed by atoms with Crippen LogP contribution in [-0.4, -0.2) is 20.4 Å². The van der Waals surface area contributed by atoms with Gasteiger partial charge in [-0.25, -0.2) is 9.71 Å². The maximum absolute atomic E-state index is 11.2. The average molecular weight is 236 g/mol. The molecule has 1 aromatic heterocycles. The standard InChI is InChI=1S/C7H10ClN3O2S/c1-5-3-4-10-7(8)6(5)11-14(12,13)9-2/h3-4,9,11H,1-2H3. The average Bonchev–Trinajstić information content (AvgIpc) is 2.12. The van der Waals surface area contributed by atoms with Crippen LogP contribution >= 0.6 is 11.6 Å². The first kappa shape index (κ1) is 11.2. The zero-order valence-corrected chi connectivity index (χ0v) is 9.28. The second-order valence-corrected chi connectivity index (χ2v) is 4.58. The first-order valence-corrected chi connectivity index (χ1v) is 5.65. The highest BCUT2D eigenvalue weighted by Crippen LogP contribution is 2.23. The van der Waals surface area contributed by atoms with Gasteiger partial charge in [0.1, 0.15) is 0 Å². The molecular weight excluding hydrogens is 226 g/mol. The number of hydrogen-bond donors (Lipinski definition) is 2. The van der Waals surface area contributed by atoms with Crippen LogP contribution in [0.5, 0.6) is 0 Å². The SMILES string of the molecule is CNS(=O)(=O)Nc1c(C)ccnc1Cl. The lowest BCUT2D eigenvalue weighted by molar-refractivity contribution is 0.593. The Balaban J connectivity index is 3.09. The normalized spacial score (nSPS) is 11.4. The van der Waals surface area contributed by atoms with E-state index in [1.54, 1.807) is 13.0 Å². The Hall–Kier alpha value is -0.850. The predicted molar refractivity (Wildman–Crippen MR) is 55.6 cm³/mol. The summed E-state index contributed by atoms with van der Waals surface area (Å²) < 4.78 is 26.7. The van der Waals surface area contributed by atoms with Crippen molar-refractivity contribution in [2.24, 2.45) is 0 Å². The van der Waals surface area contributed by atoms with Gasteiger partial charge in [0, 0.05) is 13.2 Å². The highest BCUT2D eigenvalue weighted by atomic mass is 35.5. The third kappa shape index (κ3) is 2.57. The van der Waals surface area contributed by atoms with Crippen molar-refractivity contribution < 1.29 is 8.42 Å². The molecule has 0 unspecified atom stereocenters. The topological polar surface area (TPSA) is 71.1 Å². The van der Waals surface area contributed by atoms with Crippen LogP contribution in [0.15, 0.2) is 12.3 Å². The van der Waals surface area contributed by atoms with E-state index < -0.39 is 10.2 Å². The molecule has 5 nitrogen and oxygen atoms in total. The summed E-state index contributed by atoms with van der Waals surface area (Å²) >= 11 is 5.73. The second-order valence-electron chi connectivity index (χ2n) is 2.60. The minimum Gasteiger partial charge on any atom is -0.268 e. The van der Waals surface area contributed by atoms with E-state index in [0.29, 0.717) is 11.3 Å². The third-order valence-corrected chi connectivity index (χ3v) is 2.92. The Morgan fingerprint density at radius 3 is 2.64 bits per heavy atom. The van der Waals surface area contributed by atoms with E-state index in [2.05, 4.69) is 14.4 Å². The summed E-state index contributed by atoms with van der Waals surface area (Å²) in [6.07, 6.45) is 1.51. The smallest absolute Gasteiger partial charge is 0.268 e. The molecule has 1 rings (SSSR count). The molecule has 14 heavy (non-hydrogen) atoms. The van der Waals surface area contributed by atoms with Gasteiger partial charge in [-0.05, 0) is 18.6 Å². The molecule has 0 spiro atoms. The van der Waals surface area contributed by atoms with Gasteiger partial charge in [-0.3, -0.25) is 4.72 Å². The molecule has 1 heterocycles. The van der Waals surface area contributed by atoms with Crippen LogP contribution in [-0.2, 0) is 10.2 Å². The molecule has 0 aromatic carbocycles. The molecule has 78 valence electrons. The molecule has 0 aliphatic heterocycles. The van der Waals surface area contributed by atoms with Crippen LogP contribution in [0.1, 0.15) is 5.56 Å². The molecule has 2 N–H and O–H groups in total. The largest absolute Gasteiger partial charge is 0.298 e. The van der Waals surface area contributed by atoms with Crippen molar-refractivity contribution in [2.75, 3.05) is 11.8 Å². The quantitative estimate of drug-likeness (QED) is 0.766. The molecule has 0 aliphatic rings. The number of halogens is 1. The molecule has 0 bridgehead atoms. The van der Waals surface area contributed by atoms with Crippen molar-refractivity contribution >= 4 is 27.5 Å². The summed E-state index contributed by atoms with van der Waals surface area (Å²) in [5, 5.41) is 0.129. The van der Waals surface area contributed by atoms with E-state index in [4.69, 9.17) is 11.6 Å². The molecule has 0 radical (unpaired) electrons. The van der Waals surface area contributed by atoms with E-state index in [1.807, 2.05) is 0 Å². The fraction of sp³-hybridized carbons (Fsp3) is 0.286. The number of rotatable bonds is 3. The summed E-state index contributed by atoms with van der Waals surface area (Å²) in [5.74, 6) is 0. The summed E-state index contributed by atoms with van der Waals surface area (Å²) in [5.41, 5.74) is 1.01. The third-order valence-electron chi connectivity index (χ3n) is 1.62. The maximum Gasteiger partial charge on any atom is 0.298 e. The van der Waals surface area contributed by atoms with Gasteiger partial charge in [-0.1, -0.05) is 11.6 Å².